The van der Waals surface area contributed by atoms with Gasteiger partial charge in [-0.15, -0.1) is 0 Å². The zero-order chi connectivity index (χ0) is 21.3. The molecule has 6 heteroatoms. The standard InChI is InChI=1S/C23H42O6/c1-19-20(24)18-21(25)23(29-19)28-17-15-13-11-9-7-5-3-2-4-6-8-10-12-14-16-22(26)27/h14,16,19-21,23-25H,2-13,15,17-18H2,1H3,(H,26,27). The fourth-order valence-electron chi connectivity index (χ4n) is 3.61. The number of aliphatic hydroxyl groups is 2. The van der Waals surface area contributed by atoms with E-state index in [0.29, 0.717) is 13.0 Å². The summed E-state index contributed by atoms with van der Waals surface area (Å²) >= 11 is 0. The van der Waals surface area contributed by atoms with E-state index in [9.17, 15) is 15.0 Å². The summed E-state index contributed by atoms with van der Waals surface area (Å²) in [6, 6.07) is 0. The molecule has 1 rings (SSSR count). The van der Waals surface area contributed by atoms with Crippen molar-refractivity contribution in [3.8, 4) is 0 Å². The Kier molecular flexibility index (Phi) is 15.1. The molecule has 0 aromatic rings. The van der Waals surface area contributed by atoms with Crippen molar-refractivity contribution in [2.24, 2.45) is 0 Å². The van der Waals surface area contributed by atoms with E-state index in [0.717, 1.165) is 25.7 Å². The van der Waals surface area contributed by atoms with Gasteiger partial charge in [-0.1, -0.05) is 70.3 Å². The van der Waals surface area contributed by atoms with Crippen molar-refractivity contribution in [2.45, 2.75) is 121 Å². The highest BCUT2D eigenvalue weighted by Gasteiger charge is 2.34. The Labute approximate surface area is 176 Å². The molecule has 3 N–H and O–H groups in total. The Hall–Kier alpha value is -0.950. The number of aliphatic hydroxyl groups excluding tert-OH is 2. The van der Waals surface area contributed by atoms with Crippen molar-refractivity contribution in [3.05, 3.63) is 12.2 Å². The van der Waals surface area contributed by atoms with E-state index in [1.807, 2.05) is 0 Å². The third-order valence-electron chi connectivity index (χ3n) is 5.50. The number of rotatable bonds is 17. The van der Waals surface area contributed by atoms with Gasteiger partial charge in [-0.05, 0) is 26.2 Å². The van der Waals surface area contributed by atoms with Crippen LogP contribution in [0.25, 0.3) is 0 Å². The second-order valence-corrected chi connectivity index (χ2v) is 8.22. The molecule has 4 unspecified atom stereocenters. The fourth-order valence-corrected chi connectivity index (χ4v) is 3.61. The molecule has 4 atom stereocenters. The summed E-state index contributed by atoms with van der Waals surface area (Å²) in [4.78, 5) is 10.3. The van der Waals surface area contributed by atoms with Gasteiger partial charge in [0.25, 0.3) is 0 Å². The van der Waals surface area contributed by atoms with E-state index in [1.54, 1.807) is 13.0 Å². The highest BCUT2D eigenvalue weighted by molar-refractivity contribution is 5.79. The second-order valence-electron chi connectivity index (χ2n) is 8.22. The Bertz CT molecular complexity index is 439. The van der Waals surface area contributed by atoms with Crippen LogP contribution in [0.15, 0.2) is 12.2 Å². The molecule has 29 heavy (non-hydrogen) atoms. The first kappa shape index (κ1) is 26.1. The molecule has 0 aliphatic carbocycles. The average Bonchev–Trinajstić information content (AvgIpc) is 2.67. The summed E-state index contributed by atoms with van der Waals surface area (Å²) in [5, 5.41) is 28.0. The Balaban J connectivity index is 1.79. The van der Waals surface area contributed by atoms with Gasteiger partial charge in [0, 0.05) is 19.1 Å². The summed E-state index contributed by atoms with van der Waals surface area (Å²) in [6.07, 6.45) is 16.5. The SMILES string of the molecule is CC1OC(OCCCCCCCCCCCCCCC=CC(=O)O)C(O)CC1O. The number of ether oxygens (including phenoxy) is 2. The molecular formula is C23H42O6. The number of carboxylic acid groups (broad SMARTS) is 1. The first-order valence-electron chi connectivity index (χ1n) is 11.5. The lowest BCUT2D eigenvalue weighted by molar-refractivity contribution is -0.261. The molecule has 1 saturated heterocycles. The van der Waals surface area contributed by atoms with Crippen molar-refractivity contribution in [2.75, 3.05) is 6.61 Å². The van der Waals surface area contributed by atoms with Crippen molar-refractivity contribution < 1.29 is 29.6 Å². The van der Waals surface area contributed by atoms with Gasteiger partial charge in [0.1, 0.15) is 6.10 Å². The lowest BCUT2D eigenvalue weighted by atomic mass is 10.0. The van der Waals surface area contributed by atoms with Crippen LogP contribution in [-0.2, 0) is 14.3 Å². The zero-order valence-electron chi connectivity index (χ0n) is 18.1. The predicted molar refractivity (Wildman–Crippen MR) is 114 cm³/mol. The molecule has 170 valence electrons. The maximum absolute atomic E-state index is 10.3. The molecule has 0 radical (unpaired) electrons. The van der Waals surface area contributed by atoms with E-state index in [1.165, 1.54) is 63.9 Å². The van der Waals surface area contributed by atoms with Crippen LogP contribution >= 0.6 is 0 Å². The van der Waals surface area contributed by atoms with Crippen molar-refractivity contribution >= 4 is 5.97 Å². The first-order valence-corrected chi connectivity index (χ1v) is 11.5. The predicted octanol–water partition coefficient (Wildman–Crippen LogP) is 4.57. The molecule has 1 heterocycles. The van der Waals surface area contributed by atoms with Crippen LogP contribution in [0.3, 0.4) is 0 Å². The largest absolute Gasteiger partial charge is 0.478 e. The molecule has 1 aliphatic rings. The highest BCUT2D eigenvalue weighted by Crippen LogP contribution is 2.21. The number of aliphatic carboxylic acids is 1. The molecule has 0 aromatic carbocycles. The maximum atomic E-state index is 10.3. The fraction of sp³-hybridized carbons (Fsp3) is 0.870. The Morgan fingerprint density at radius 3 is 1.97 bits per heavy atom. The first-order chi connectivity index (χ1) is 14.0. The van der Waals surface area contributed by atoms with Gasteiger partial charge in [0.15, 0.2) is 6.29 Å². The van der Waals surface area contributed by atoms with Crippen LogP contribution in [-0.4, -0.2) is 52.5 Å². The van der Waals surface area contributed by atoms with Gasteiger partial charge in [-0.2, -0.15) is 0 Å². The summed E-state index contributed by atoms with van der Waals surface area (Å²) in [5.74, 6) is -0.858. The van der Waals surface area contributed by atoms with Gasteiger partial charge in [-0.25, -0.2) is 4.79 Å². The van der Waals surface area contributed by atoms with Gasteiger partial charge < -0.3 is 24.8 Å². The summed E-state index contributed by atoms with van der Waals surface area (Å²) in [5.41, 5.74) is 0. The monoisotopic (exact) mass is 414 g/mol. The molecule has 0 amide bonds. The molecule has 0 saturated carbocycles. The topological polar surface area (TPSA) is 96.2 Å². The third kappa shape index (κ3) is 13.8. The molecule has 1 aliphatic heterocycles. The molecule has 6 nitrogen and oxygen atoms in total. The van der Waals surface area contributed by atoms with Gasteiger partial charge in [-0.3, -0.25) is 0 Å². The number of allylic oxidation sites excluding steroid dienone is 1. The van der Waals surface area contributed by atoms with Crippen molar-refractivity contribution in [1.29, 1.82) is 0 Å². The number of hydrogen-bond donors (Lipinski definition) is 3. The van der Waals surface area contributed by atoms with E-state index in [-0.39, 0.29) is 6.10 Å². The minimum absolute atomic E-state index is 0.288. The van der Waals surface area contributed by atoms with Crippen LogP contribution in [0.4, 0.5) is 0 Å². The smallest absolute Gasteiger partial charge is 0.327 e. The quantitative estimate of drug-likeness (QED) is 0.238. The molecule has 1 fully saturated rings. The van der Waals surface area contributed by atoms with E-state index < -0.39 is 24.5 Å². The van der Waals surface area contributed by atoms with E-state index in [2.05, 4.69) is 0 Å². The van der Waals surface area contributed by atoms with Gasteiger partial charge >= 0.3 is 5.97 Å². The molecular weight excluding hydrogens is 372 g/mol. The third-order valence-corrected chi connectivity index (χ3v) is 5.50. The van der Waals surface area contributed by atoms with Crippen LogP contribution in [0.1, 0.15) is 96.8 Å². The van der Waals surface area contributed by atoms with Gasteiger partial charge in [0.05, 0.1) is 12.2 Å². The van der Waals surface area contributed by atoms with Crippen LogP contribution in [0.5, 0.6) is 0 Å². The number of hydrogen-bond acceptors (Lipinski definition) is 5. The Morgan fingerprint density at radius 1 is 0.897 bits per heavy atom. The second kappa shape index (κ2) is 16.8. The lowest BCUT2D eigenvalue weighted by Gasteiger charge is -2.35. The zero-order valence-corrected chi connectivity index (χ0v) is 18.1. The average molecular weight is 415 g/mol. The van der Waals surface area contributed by atoms with E-state index >= 15 is 0 Å². The lowest BCUT2D eigenvalue weighted by Crippen LogP contribution is -2.47. The van der Waals surface area contributed by atoms with Crippen molar-refractivity contribution in [1.82, 2.24) is 0 Å². The maximum Gasteiger partial charge on any atom is 0.327 e. The minimum atomic E-state index is -0.858. The Morgan fingerprint density at radius 2 is 1.41 bits per heavy atom. The number of unbranched alkanes of at least 4 members (excludes halogenated alkanes) is 12. The number of carboxylic acids is 1. The van der Waals surface area contributed by atoms with E-state index in [4.69, 9.17) is 14.6 Å². The van der Waals surface area contributed by atoms with Crippen LogP contribution in [0.2, 0.25) is 0 Å². The van der Waals surface area contributed by atoms with Crippen LogP contribution in [0, 0.1) is 0 Å². The van der Waals surface area contributed by atoms with Crippen molar-refractivity contribution in [3.63, 3.8) is 0 Å². The summed E-state index contributed by atoms with van der Waals surface area (Å²) < 4.78 is 11.1. The minimum Gasteiger partial charge on any atom is -0.478 e. The normalized spacial score (nSPS) is 24.9. The molecule has 0 spiro atoms. The summed E-state index contributed by atoms with van der Waals surface area (Å²) in [7, 11) is 0. The molecule has 0 aromatic heterocycles. The van der Waals surface area contributed by atoms with Gasteiger partial charge in [0.2, 0.25) is 0 Å². The highest BCUT2D eigenvalue weighted by atomic mass is 16.7. The number of carbonyl (C=O) groups is 1. The molecule has 0 bridgehead atoms. The van der Waals surface area contributed by atoms with Crippen LogP contribution < -0.4 is 0 Å². The summed E-state index contributed by atoms with van der Waals surface area (Å²) in [6.45, 7) is 2.40.